The highest BCUT2D eigenvalue weighted by atomic mass is 16.5. The molecule has 0 aliphatic carbocycles. The Morgan fingerprint density at radius 3 is 2.61 bits per heavy atom. The minimum absolute atomic E-state index is 0.0203. The average molecular weight is 318 g/mol. The molecular weight excluding hydrogens is 300 g/mol. The van der Waals surface area contributed by atoms with E-state index in [0.29, 0.717) is 5.69 Å². The number of esters is 1. The summed E-state index contributed by atoms with van der Waals surface area (Å²) in [5.41, 5.74) is 1.30. The van der Waals surface area contributed by atoms with Crippen molar-refractivity contribution in [2.24, 2.45) is 0 Å². The first-order valence-electron chi connectivity index (χ1n) is 7.13. The first-order chi connectivity index (χ1) is 11.0. The van der Waals surface area contributed by atoms with Crippen LogP contribution in [0.25, 0.3) is 11.3 Å². The molecule has 0 aliphatic rings. The van der Waals surface area contributed by atoms with Crippen LogP contribution in [0.3, 0.4) is 0 Å². The third-order valence-corrected chi connectivity index (χ3v) is 3.11. The summed E-state index contributed by atoms with van der Waals surface area (Å²) in [5, 5.41) is 6.36. The molecule has 1 amide bonds. The number of amides is 1. The fourth-order valence-corrected chi connectivity index (χ4v) is 1.87. The van der Waals surface area contributed by atoms with Crippen molar-refractivity contribution in [3.05, 3.63) is 36.1 Å². The van der Waals surface area contributed by atoms with Gasteiger partial charge < -0.3 is 19.3 Å². The van der Waals surface area contributed by atoms with Crippen LogP contribution in [0.2, 0.25) is 0 Å². The van der Waals surface area contributed by atoms with E-state index in [1.807, 2.05) is 0 Å². The van der Waals surface area contributed by atoms with Gasteiger partial charge in [0, 0.05) is 11.6 Å². The van der Waals surface area contributed by atoms with Crippen LogP contribution in [0.1, 0.15) is 24.4 Å². The topological polar surface area (TPSA) is 90.7 Å². The Balaban J connectivity index is 2.05. The Kier molecular flexibility index (Phi) is 5.35. The van der Waals surface area contributed by atoms with E-state index in [2.05, 4.69) is 10.5 Å². The Hall–Kier alpha value is -2.83. The van der Waals surface area contributed by atoms with E-state index in [9.17, 15) is 9.59 Å². The quantitative estimate of drug-likeness (QED) is 0.820. The van der Waals surface area contributed by atoms with Crippen LogP contribution in [-0.2, 0) is 9.53 Å². The molecule has 0 spiro atoms. The number of carbonyl (C=O) groups excluding carboxylic acids is 2. The molecule has 1 atom stereocenters. The molecule has 0 radical (unpaired) electrons. The van der Waals surface area contributed by atoms with Gasteiger partial charge in [0.25, 0.3) is 5.91 Å². The van der Waals surface area contributed by atoms with Crippen molar-refractivity contribution < 1.29 is 23.6 Å². The normalized spacial score (nSPS) is 11.6. The highest BCUT2D eigenvalue weighted by Gasteiger charge is 2.20. The Morgan fingerprint density at radius 2 is 2.00 bits per heavy atom. The number of nitrogens with zero attached hydrogens (tertiary/aromatic N) is 1. The Labute approximate surface area is 133 Å². The van der Waals surface area contributed by atoms with E-state index in [4.69, 9.17) is 14.0 Å². The second-order valence-corrected chi connectivity index (χ2v) is 4.75. The minimum atomic E-state index is -0.767. The first kappa shape index (κ1) is 16.5. The molecule has 2 aromatic rings. The maximum absolute atomic E-state index is 12.0. The van der Waals surface area contributed by atoms with E-state index in [0.717, 1.165) is 11.3 Å². The number of methoxy groups -OCH3 is 1. The number of hydrogen-bond acceptors (Lipinski definition) is 6. The molecule has 0 saturated heterocycles. The highest BCUT2D eigenvalue weighted by molar-refractivity contribution is 5.95. The fraction of sp³-hybridized carbons (Fsp3) is 0.312. The second-order valence-electron chi connectivity index (χ2n) is 4.75. The number of aromatic nitrogens is 1. The highest BCUT2D eigenvalue weighted by Crippen LogP contribution is 2.22. The standard InChI is InChI=1S/C16H18N2O5/c1-4-22-16(20)10(2)17-15(19)14-9-13(18-23-14)11-5-7-12(21-3)8-6-11/h5-10H,4H2,1-3H3,(H,17,19)/t10-/m0/s1. The fourth-order valence-electron chi connectivity index (χ4n) is 1.87. The largest absolute Gasteiger partial charge is 0.497 e. The summed E-state index contributed by atoms with van der Waals surface area (Å²) in [6.07, 6.45) is 0. The summed E-state index contributed by atoms with van der Waals surface area (Å²) < 4.78 is 14.9. The van der Waals surface area contributed by atoms with E-state index in [1.54, 1.807) is 38.3 Å². The first-order valence-corrected chi connectivity index (χ1v) is 7.13. The van der Waals surface area contributed by atoms with Gasteiger partial charge in [-0.25, -0.2) is 4.79 Å². The van der Waals surface area contributed by atoms with Crippen molar-refractivity contribution in [1.82, 2.24) is 10.5 Å². The minimum Gasteiger partial charge on any atom is -0.497 e. The average Bonchev–Trinajstić information content (AvgIpc) is 3.05. The molecule has 1 aromatic heterocycles. The zero-order valence-corrected chi connectivity index (χ0v) is 13.2. The molecule has 1 heterocycles. The lowest BCUT2D eigenvalue weighted by molar-refractivity contribution is -0.144. The molecule has 122 valence electrons. The van der Waals surface area contributed by atoms with Gasteiger partial charge in [-0.1, -0.05) is 5.16 Å². The predicted octanol–water partition coefficient (Wildman–Crippen LogP) is 2.03. The molecule has 2 rings (SSSR count). The summed E-state index contributed by atoms with van der Waals surface area (Å²) >= 11 is 0. The van der Waals surface area contributed by atoms with Gasteiger partial charge in [0.1, 0.15) is 17.5 Å². The van der Waals surface area contributed by atoms with Crippen molar-refractivity contribution in [2.75, 3.05) is 13.7 Å². The molecule has 23 heavy (non-hydrogen) atoms. The number of carbonyl (C=O) groups is 2. The maximum Gasteiger partial charge on any atom is 0.328 e. The molecule has 0 bridgehead atoms. The second kappa shape index (κ2) is 7.44. The van der Waals surface area contributed by atoms with Crippen molar-refractivity contribution in [3.63, 3.8) is 0 Å². The lowest BCUT2D eigenvalue weighted by Gasteiger charge is -2.10. The molecule has 0 aliphatic heterocycles. The van der Waals surface area contributed by atoms with Crippen molar-refractivity contribution >= 4 is 11.9 Å². The molecular formula is C16H18N2O5. The van der Waals surface area contributed by atoms with E-state index in [-0.39, 0.29) is 12.4 Å². The van der Waals surface area contributed by atoms with Gasteiger partial charge in [-0.3, -0.25) is 4.79 Å². The summed E-state index contributed by atoms with van der Waals surface area (Å²) in [6.45, 7) is 3.49. The summed E-state index contributed by atoms with van der Waals surface area (Å²) in [6, 6.07) is 7.92. The van der Waals surface area contributed by atoms with Crippen LogP contribution >= 0.6 is 0 Å². The number of benzene rings is 1. The van der Waals surface area contributed by atoms with E-state index < -0.39 is 17.9 Å². The summed E-state index contributed by atoms with van der Waals surface area (Å²) in [5.74, 6) is -0.293. The summed E-state index contributed by atoms with van der Waals surface area (Å²) in [4.78, 5) is 23.5. The van der Waals surface area contributed by atoms with Crippen molar-refractivity contribution in [1.29, 1.82) is 0 Å². The molecule has 7 nitrogen and oxygen atoms in total. The Morgan fingerprint density at radius 1 is 1.30 bits per heavy atom. The van der Waals surface area contributed by atoms with E-state index in [1.165, 1.54) is 13.0 Å². The molecule has 1 N–H and O–H groups in total. The molecule has 0 saturated carbocycles. The lowest BCUT2D eigenvalue weighted by Crippen LogP contribution is -2.39. The molecule has 1 aromatic carbocycles. The zero-order valence-electron chi connectivity index (χ0n) is 13.2. The maximum atomic E-state index is 12.0. The Bertz CT molecular complexity index is 678. The van der Waals surface area contributed by atoms with Crippen LogP contribution in [0.5, 0.6) is 5.75 Å². The van der Waals surface area contributed by atoms with Crippen molar-refractivity contribution in [3.8, 4) is 17.0 Å². The smallest absolute Gasteiger partial charge is 0.328 e. The monoisotopic (exact) mass is 318 g/mol. The SMILES string of the molecule is CCOC(=O)[C@H](C)NC(=O)c1cc(-c2ccc(OC)cc2)no1. The van der Waals surface area contributed by atoms with Gasteiger partial charge in [-0.2, -0.15) is 0 Å². The molecule has 0 fully saturated rings. The molecule has 7 heteroatoms. The van der Waals surface area contributed by atoms with Crippen LogP contribution in [0.15, 0.2) is 34.9 Å². The number of rotatable bonds is 6. The third kappa shape index (κ3) is 4.09. The third-order valence-electron chi connectivity index (χ3n) is 3.11. The zero-order chi connectivity index (χ0) is 16.8. The van der Waals surface area contributed by atoms with Crippen LogP contribution in [-0.4, -0.2) is 36.8 Å². The lowest BCUT2D eigenvalue weighted by atomic mass is 10.1. The number of nitrogens with one attached hydrogen (secondary N) is 1. The van der Waals surface area contributed by atoms with E-state index >= 15 is 0 Å². The predicted molar refractivity (Wildman–Crippen MR) is 82.1 cm³/mol. The van der Waals surface area contributed by atoms with Crippen LogP contribution < -0.4 is 10.1 Å². The van der Waals surface area contributed by atoms with Gasteiger partial charge in [-0.15, -0.1) is 0 Å². The van der Waals surface area contributed by atoms with Crippen molar-refractivity contribution in [2.45, 2.75) is 19.9 Å². The van der Waals surface area contributed by atoms with Gasteiger partial charge in [-0.05, 0) is 38.1 Å². The molecule has 0 unspecified atom stereocenters. The summed E-state index contributed by atoms with van der Waals surface area (Å²) in [7, 11) is 1.58. The van der Waals surface area contributed by atoms with Gasteiger partial charge in [0.05, 0.1) is 13.7 Å². The van der Waals surface area contributed by atoms with Crippen LogP contribution in [0.4, 0.5) is 0 Å². The van der Waals surface area contributed by atoms with Gasteiger partial charge >= 0.3 is 5.97 Å². The van der Waals surface area contributed by atoms with Gasteiger partial charge in [0.15, 0.2) is 0 Å². The van der Waals surface area contributed by atoms with Gasteiger partial charge in [0.2, 0.25) is 5.76 Å². The number of hydrogen-bond donors (Lipinski definition) is 1. The van der Waals surface area contributed by atoms with Crippen LogP contribution in [0, 0.1) is 0 Å². The number of ether oxygens (including phenoxy) is 2.